The van der Waals surface area contributed by atoms with Crippen molar-refractivity contribution < 1.29 is 4.79 Å². The Bertz CT molecular complexity index is 838. The van der Waals surface area contributed by atoms with Crippen LogP contribution in [0.25, 0.3) is 21.9 Å². The van der Waals surface area contributed by atoms with Crippen LogP contribution in [0.15, 0.2) is 60.7 Å². The minimum atomic E-state index is 0.106. The Kier molecular flexibility index (Phi) is 5.29. The summed E-state index contributed by atoms with van der Waals surface area (Å²) >= 11 is 6.69. The third-order valence-electron chi connectivity index (χ3n) is 3.95. The number of carbonyl (C=O) groups excluding carboxylic acids is 1. The SMILES string of the molecule is O=C(CBr)c1ccc(-c2ccc3cc(CCBr)ccc3c2)cc1. The maximum Gasteiger partial charge on any atom is 0.173 e. The average Bonchev–Trinajstić information content (AvgIpc) is 2.61. The summed E-state index contributed by atoms with van der Waals surface area (Å²) in [5.74, 6) is 0.106. The summed E-state index contributed by atoms with van der Waals surface area (Å²) in [6, 6.07) is 20.9. The first kappa shape index (κ1) is 16.4. The van der Waals surface area contributed by atoms with Crippen LogP contribution in [0.3, 0.4) is 0 Å². The van der Waals surface area contributed by atoms with Gasteiger partial charge in [-0.3, -0.25) is 4.79 Å². The minimum Gasteiger partial charge on any atom is -0.293 e. The average molecular weight is 432 g/mol. The van der Waals surface area contributed by atoms with Gasteiger partial charge in [0.05, 0.1) is 5.33 Å². The quantitative estimate of drug-likeness (QED) is 0.356. The number of hydrogen-bond acceptors (Lipinski definition) is 1. The van der Waals surface area contributed by atoms with Crippen LogP contribution in [0.2, 0.25) is 0 Å². The number of benzene rings is 3. The van der Waals surface area contributed by atoms with E-state index in [4.69, 9.17) is 0 Å². The van der Waals surface area contributed by atoms with E-state index in [0.29, 0.717) is 5.33 Å². The summed E-state index contributed by atoms with van der Waals surface area (Å²) in [4.78, 5) is 11.7. The Morgan fingerprint density at radius 3 is 2.13 bits per heavy atom. The fourth-order valence-electron chi connectivity index (χ4n) is 2.67. The molecule has 0 radical (unpaired) electrons. The van der Waals surface area contributed by atoms with Gasteiger partial charge in [-0.1, -0.05) is 86.5 Å². The van der Waals surface area contributed by atoms with Crippen LogP contribution in [0, 0.1) is 0 Å². The van der Waals surface area contributed by atoms with Gasteiger partial charge in [-0.15, -0.1) is 0 Å². The van der Waals surface area contributed by atoms with E-state index in [0.717, 1.165) is 22.9 Å². The van der Waals surface area contributed by atoms with Crippen LogP contribution in [0.1, 0.15) is 15.9 Å². The van der Waals surface area contributed by atoms with E-state index in [-0.39, 0.29) is 5.78 Å². The van der Waals surface area contributed by atoms with Crippen molar-refractivity contribution in [2.45, 2.75) is 6.42 Å². The molecule has 3 aromatic rings. The number of alkyl halides is 2. The van der Waals surface area contributed by atoms with Crippen LogP contribution < -0.4 is 0 Å². The molecule has 23 heavy (non-hydrogen) atoms. The zero-order valence-electron chi connectivity index (χ0n) is 12.6. The molecule has 3 aromatic carbocycles. The number of rotatable bonds is 5. The van der Waals surface area contributed by atoms with E-state index in [1.165, 1.54) is 21.9 Å². The largest absolute Gasteiger partial charge is 0.293 e. The standard InChI is InChI=1S/C20H16Br2O/c21-10-9-14-1-2-19-12-18(8-7-17(19)11-14)15-3-5-16(6-4-15)20(23)13-22/h1-8,11-12H,9-10,13H2. The zero-order chi connectivity index (χ0) is 16.2. The van der Waals surface area contributed by atoms with Crippen molar-refractivity contribution in [3.63, 3.8) is 0 Å². The lowest BCUT2D eigenvalue weighted by molar-refractivity contribution is 0.102. The van der Waals surface area contributed by atoms with Gasteiger partial charge >= 0.3 is 0 Å². The van der Waals surface area contributed by atoms with Crippen LogP contribution >= 0.6 is 31.9 Å². The summed E-state index contributed by atoms with van der Waals surface area (Å²) in [5, 5.41) is 3.84. The van der Waals surface area contributed by atoms with E-state index in [1.807, 2.05) is 24.3 Å². The molecule has 3 rings (SSSR count). The molecule has 0 saturated carbocycles. The minimum absolute atomic E-state index is 0.106. The first-order chi connectivity index (χ1) is 11.2. The first-order valence-corrected chi connectivity index (χ1v) is 9.74. The predicted octanol–water partition coefficient (Wildman–Crippen LogP) is 6.02. The Morgan fingerprint density at radius 2 is 1.43 bits per heavy atom. The van der Waals surface area contributed by atoms with Gasteiger partial charge in [0, 0.05) is 10.9 Å². The smallest absolute Gasteiger partial charge is 0.173 e. The second-order valence-corrected chi connectivity index (χ2v) is 6.82. The van der Waals surface area contributed by atoms with Crippen LogP contribution in [0.4, 0.5) is 0 Å². The molecule has 0 aliphatic rings. The molecule has 0 aliphatic carbocycles. The Morgan fingerprint density at radius 1 is 0.783 bits per heavy atom. The van der Waals surface area contributed by atoms with E-state index in [9.17, 15) is 4.79 Å². The number of carbonyl (C=O) groups is 1. The molecule has 3 heteroatoms. The fraction of sp³-hybridized carbons (Fsp3) is 0.150. The van der Waals surface area contributed by atoms with E-state index < -0.39 is 0 Å². The van der Waals surface area contributed by atoms with Gasteiger partial charge in [0.2, 0.25) is 0 Å². The van der Waals surface area contributed by atoms with Crippen molar-refractivity contribution in [2.24, 2.45) is 0 Å². The number of ketones is 1. The first-order valence-electron chi connectivity index (χ1n) is 7.49. The summed E-state index contributed by atoms with van der Waals surface area (Å²) < 4.78 is 0. The zero-order valence-corrected chi connectivity index (χ0v) is 15.7. The maximum absolute atomic E-state index is 11.7. The normalized spacial score (nSPS) is 10.9. The lowest BCUT2D eigenvalue weighted by Gasteiger charge is -2.07. The Balaban J connectivity index is 1.93. The fourth-order valence-corrected chi connectivity index (χ4v) is 3.45. The van der Waals surface area contributed by atoms with Crippen LogP contribution in [-0.4, -0.2) is 16.4 Å². The lowest BCUT2D eigenvalue weighted by Crippen LogP contribution is -1.98. The third kappa shape index (κ3) is 3.73. The molecule has 0 saturated heterocycles. The van der Waals surface area contributed by atoms with Gasteiger partial charge in [0.25, 0.3) is 0 Å². The number of fused-ring (bicyclic) bond motifs is 1. The van der Waals surface area contributed by atoms with Gasteiger partial charge < -0.3 is 0 Å². The molecule has 0 unspecified atom stereocenters. The molecule has 0 bridgehead atoms. The molecule has 0 amide bonds. The highest BCUT2D eigenvalue weighted by Gasteiger charge is 2.05. The third-order valence-corrected chi connectivity index (χ3v) is 4.86. The molecular weight excluding hydrogens is 416 g/mol. The molecule has 0 spiro atoms. The molecule has 1 nitrogen and oxygen atoms in total. The number of Topliss-reactive ketones (excluding diaryl/α,β-unsaturated/α-hetero) is 1. The Hall–Kier alpha value is -1.45. The van der Waals surface area contributed by atoms with Crippen molar-refractivity contribution in [1.29, 1.82) is 0 Å². The number of hydrogen-bond donors (Lipinski definition) is 0. The van der Waals surface area contributed by atoms with E-state index >= 15 is 0 Å². The molecular formula is C20H16Br2O. The highest BCUT2D eigenvalue weighted by molar-refractivity contribution is 9.09. The van der Waals surface area contributed by atoms with Gasteiger partial charge in [-0.25, -0.2) is 0 Å². The second-order valence-electron chi connectivity index (χ2n) is 5.47. The van der Waals surface area contributed by atoms with Crippen LogP contribution in [0.5, 0.6) is 0 Å². The monoisotopic (exact) mass is 430 g/mol. The van der Waals surface area contributed by atoms with Crippen molar-refractivity contribution in [2.75, 3.05) is 10.7 Å². The molecule has 0 aliphatic heterocycles. The van der Waals surface area contributed by atoms with E-state index in [1.54, 1.807) is 0 Å². The highest BCUT2D eigenvalue weighted by atomic mass is 79.9. The van der Waals surface area contributed by atoms with Crippen molar-refractivity contribution in [1.82, 2.24) is 0 Å². The van der Waals surface area contributed by atoms with Crippen molar-refractivity contribution in [3.05, 3.63) is 71.8 Å². The summed E-state index contributed by atoms with van der Waals surface area (Å²) in [7, 11) is 0. The molecule has 0 aromatic heterocycles. The summed E-state index contributed by atoms with van der Waals surface area (Å²) in [6.07, 6.45) is 1.04. The van der Waals surface area contributed by atoms with Gasteiger partial charge in [0.1, 0.15) is 0 Å². The van der Waals surface area contributed by atoms with Gasteiger partial charge in [0.15, 0.2) is 5.78 Å². The highest BCUT2D eigenvalue weighted by Crippen LogP contribution is 2.26. The molecule has 0 atom stereocenters. The van der Waals surface area contributed by atoms with Crippen molar-refractivity contribution >= 4 is 48.4 Å². The topological polar surface area (TPSA) is 17.1 Å². The second kappa shape index (κ2) is 7.41. The maximum atomic E-state index is 11.7. The Labute approximate surface area is 153 Å². The summed E-state index contributed by atoms with van der Waals surface area (Å²) in [5.41, 5.74) is 4.39. The molecule has 0 heterocycles. The molecule has 116 valence electrons. The number of aryl methyl sites for hydroxylation is 1. The lowest BCUT2D eigenvalue weighted by atomic mass is 9.98. The predicted molar refractivity (Wildman–Crippen MR) is 105 cm³/mol. The van der Waals surface area contributed by atoms with Gasteiger partial charge in [-0.2, -0.15) is 0 Å². The summed E-state index contributed by atoms with van der Waals surface area (Å²) in [6.45, 7) is 0. The van der Waals surface area contributed by atoms with Crippen LogP contribution in [-0.2, 0) is 6.42 Å². The molecule has 0 N–H and O–H groups in total. The van der Waals surface area contributed by atoms with Crippen molar-refractivity contribution in [3.8, 4) is 11.1 Å². The number of halogens is 2. The molecule has 0 fully saturated rings. The van der Waals surface area contributed by atoms with E-state index in [2.05, 4.69) is 68.3 Å². The van der Waals surface area contributed by atoms with Gasteiger partial charge in [-0.05, 0) is 39.9 Å².